The molecule has 1 aliphatic carbocycles. The molecular weight excluding hydrogens is 280 g/mol. The smallest absolute Gasteiger partial charge is 0.243 e. The molecule has 0 radical (unpaired) electrons. The third-order valence-electron chi connectivity index (χ3n) is 3.73. The van der Waals surface area contributed by atoms with E-state index in [0.29, 0.717) is 10.8 Å². The summed E-state index contributed by atoms with van der Waals surface area (Å²) in [5.41, 5.74) is 0. The molecule has 1 aromatic heterocycles. The van der Waals surface area contributed by atoms with Crippen LogP contribution in [-0.2, 0) is 16.6 Å². The van der Waals surface area contributed by atoms with Gasteiger partial charge in [0.2, 0.25) is 10.0 Å². The van der Waals surface area contributed by atoms with Crippen molar-refractivity contribution in [3.05, 3.63) is 16.3 Å². The molecule has 0 aromatic carbocycles. The maximum Gasteiger partial charge on any atom is 0.243 e. The zero-order chi connectivity index (χ0) is 14.0. The van der Waals surface area contributed by atoms with Crippen LogP contribution in [0.3, 0.4) is 0 Å². The van der Waals surface area contributed by atoms with Gasteiger partial charge >= 0.3 is 0 Å². The van der Waals surface area contributed by atoms with Crippen molar-refractivity contribution >= 4 is 21.4 Å². The summed E-state index contributed by atoms with van der Waals surface area (Å²) in [6, 6.07) is 1.89. The molecule has 1 N–H and O–H groups in total. The average Bonchev–Trinajstić information content (AvgIpc) is 3.12. The lowest BCUT2D eigenvalue weighted by Gasteiger charge is -2.23. The van der Waals surface area contributed by atoms with Crippen molar-refractivity contribution in [2.24, 2.45) is 5.92 Å². The van der Waals surface area contributed by atoms with Gasteiger partial charge in [-0.2, -0.15) is 4.31 Å². The highest BCUT2D eigenvalue weighted by Gasteiger charge is 2.36. The Labute approximate surface area is 119 Å². The molecule has 1 saturated carbocycles. The summed E-state index contributed by atoms with van der Waals surface area (Å²) in [5.74, 6) is 0.541. The first-order chi connectivity index (χ1) is 8.96. The number of rotatable bonds is 7. The first-order valence-electron chi connectivity index (χ1n) is 6.73. The summed E-state index contributed by atoms with van der Waals surface area (Å²) < 4.78 is 26.5. The molecule has 1 atom stereocenters. The largest absolute Gasteiger partial charge is 0.312 e. The molecule has 4 nitrogen and oxygen atoms in total. The Morgan fingerprint density at radius 2 is 2.21 bits per heavy atom. The van der Waals surface area contributed by atoms with Crippen LogP contribution in [0.5, 0.6) is 0 Å². The Hall–Kier alpha value is -0.430. The van der Waals surface area contributed by atoms with Gasteiger partial charge in [0.15, 0.2) is 0 Å². The van der Waals surface area contributed by atoms with E-state index in [-0.39, 0.29) is 6.04 Å². The van der Waals surface area contributed by atoms with Crippen LogP contribution < -0.4 is 5.32 Å². The molecule has 1 heterocycles. The first kappa shape index (κ1) is 15.0. The third-order valence-corrected chi connectivity index (χ3v) is 6.74. The number of sulfonamides is 1. The minimum Gasteiger partial charge on any atom is -0.312 e. The highest BCUT2D eigenvalue weighted by atomic mass is 32.2. The Morgan fingerprint density at radius 1 is 1.53 bits per heavy atom. The number of hydrogen-bond acceptors (Lipinski definition) is 4. The minimum atomic E-state index is -3.33. The average molecular weight is 302 g/mol. The summed E-state index contributed by atoms with van der Waals surface area (Å²) >= 11 is 1.50. The van der Waals surface area contributed by atoms with Crippen LogP contribution in [0.1, 0.15) is 31.6 Å². The van der Waals surface area contributed by atoms with Crippen molar-refractivity contribution < 1.29 is 8.42 Å². The van der Waals surface area contributed by atoms with Crippen LogP contribution in [0.15, 0.2) is 16.3 Å². The molecule has 1 unspecified atom stereocenters. The summed E-state index contributed by atoms with van der Waals surface area (Å²) in [6.07, 6.45) is 2.30. The highest BCUT2D eigenvalue weighted by molar-refractivity contribution is 7.89. The maximum absolute atomic E-state index is 12.5. The van der Waals surface area contributed by atoms with E-state index < -0.39 is 10.0 Å². The van der Waals surface area contributed by atoms with Crippen molar-refractivity contribution in [1.29, 1.82) is 0 Å². The van der Waals surface area contributed by atoms with Crippen molar-refractivity contribution in [3.8, 4) is 0 Å². The molecule has 1 aromatic rings. The molecule has 19 heavy (non-hydrogen) atoms. The van der Waals surface area contributed by atoms with Gasteiger partial charge in [-0.25, -0.2) is 8.42 Å². The SMILES string of the molecule is CCNCc1cc(S(=O)(=O)N(C)C(C)C2CC2)cs1. The topological polar surface area (TPSA) is 49.4 Å². The Morgan fingerprint density at radius 3 is 2.79 bits per heavy atom. The Bertz CT molecular complexity index is 521. The fourth-order valence-electron chi connectivity index (χ4n) is 2.10. The molecule has 1 aliphatic rings. The van der Waals surface area contributed by atoms with Gasteiger partial charge in [-0.05, 0) is 38.3 Å². The van der Waals surface area contributed by atoms with Gasteiger partial charge in [-0.15, -0.1) is 11.3 Å². The summed E-state index contributed by atoms with van der Waals surface area (Å²) in [6.45, 7) is 5.66. The number of thiophene rings is 1. The van der Waals surface area contributed by atoms with E-state index in [1.165, 1.54) is 15.6 Å². The quantitative estimate of drug-likeness (QED) is 0.840. The lowest BCUT2D eigenvalue weighted by Crippen LogP contribution is -2.36. The van der Waals surface area contributed by atoms with E-state index in [2.05, 4.69) is 5.32 Å². The summed E-state index contributed by atoms with van der Waals surface area (Å²) in [7, 11) is -1.64. The van der Waals surface area contributed by atoms with Gasteiger partial charge < -0.3 is 5.32 Å². The van der Waals surface area contributed by atoms with Gasteiger partial charge in [0, 0.05) is 29.9 Å². The number of hydrogen-bond donors (Lipinski definition) is 1. The summed E-state index contributed by atoms with van der Waals surface area (Å²) in [5, 5.41) is 4.96. The van der Waals surface area contributed by atoms with Crippen molar-refractivity contribution in [1.82, 2.24) is 9.62 Å². The minimum absolute atomic E-state index is 0.0992. The van der Waals surface area contributed by atoms with E-state index in [1.807, 2.05) is 13.8 Å². The van der Waals surface area contributed by atoms with E-state index in [9.17, 15) is 8.42 Å². The van der Waals surface area contributed by atoms with E-state index in [0.717, 1.165) is 30.8 Å². The normalized spacial score (nSPS) is 17.9. The van der Waals surface area contributed by atoms with E-state index in [4.69, 9.17) is 0 Å². The molecule has 108 valence electrons. The van der Waals surface area contributed by atoms with Crippen LogP contribution in [-0.4, -0.2) is 32.4 Å². The van der Waals surface area contributed by atoms with Crippen LogP contribution in [0.2, 0.25) is 0 Å². The van der Waals surface area contributed by atoms with Crippen LogP contribution in [0.4, 0.5) is 0 Å². The highest BCUT2D eigenvalue weighted by Crippen LogP contribution is 2.36. The Balaban J connectivity index is 2.11. The van der Waals surface area contributed by atoms with Crippen molar-refractivity contribution in [2.45, 2.75) is 44.2 Å². The van der Waals surface area contributed by atoms with Crippen LogP contribution in [0.25, 0.3) is 0 Å². The van der Waals surface area contributed by atoms with Gasteiger partial charge in [-0.3, -0.25) is 0 Å². The van der Waals surface area contributed by atoms with Gasteiger partial charge in [0.05, 0.1) is 4.90 Å². The fraction of sp³-hybridized carbons (Fsp3) is 0.692. The molecule has 1 fully saturated rings. The zero-order valence-corrected chi connectivity index (χ0v) is 13.4. The van der Waals surface area contributed by atoms with Gasteiger partial charge in [0.25, 0.3) is 0 Å². The second-order valence-electron chi connectivity index (χ2n) is 5.13. The molecule has 0 amide bonds. The first-order valence-corrected chi connectivity index (χ1v) is 9.05. The molecule has 0 saturated heterocycles. The van der Waals surface area contributed by atoms with E-state index >= 15 is 0 Å². The van der Waals surface area contributed by atoms with Crippen LogP contribution in [0, 0.1) is 5.92 Å². The molecule has 0 bridgehead atoms. The predicted octanol–water partition coefficient (Wildman–Crippen LogP) is 2.28. The van der Waals surface area contributed by atoms with Gasteiger partial charge in [0.1, 0.15) is 0 Å². The van der Waals surface area contributed by atoms with Crippen molar-refractivity contribution in [2.75, 3.05) is 13.6 Å². The molecule has 0 aliphatic heterocycles. The lowest BCUT2D eigenvalue weighted by atomic mass is 10.2. The lowest BCUT2D eigenvalue weighted by molar-refractivity contribution is 0.357. The van der Waals surface area contributed by atoms with E-state index in [1.54, 1.807) is 18.5 Å². The number of nitrogens with zero attached hydrogens (tertiary/aromatic N) is 1. The zero-order valence-electron chi connectivity index (χ0n) is 11.7. The fourth-order valence-corrected chi connectivity index (χ4v) is 4.75. The van der Waals surface area contributed by atoms with Gasteiger partial charge in [-0.1, -0.05) is 6.92 Å². The Kier molecular flexibility index (Phi) is 4.66. The van der Waals surface area contributed by atoms with Crippen LogP contribution >= 0.6 is 11.3 Å². The second-order valence-corrected chi connectivity index (χ2v) is 8.12. The van der Waals surface area contributed by atoms with Crippen molar-refractivity contribution in [3.63, 3.8) is 0 Å². The standard InChI is InChI=1S/C13H22N2O2S2/c1-4-14-8-12-7-13(9-18-12)19(16,17)15(3)10(2)11-5-6-11/h7,9-11,14H,4-6,8H2,1-3H3. The molecule has 2 rings (SSSR count). The summed E-state index contributed by atoms with van der Waals surface area (Å²) in [4.78, 5) is 1.49. The molecule has 6 heteroatoms. The molecular formula is C13H22N2O2S2. The molecule has 0 spiro atoms. The third kappa shape index (κ3) is 3.37. The second kappa shape index (κ2) is 5.91. The monoisotopic (exact) mass is 302 g/mol. The predicted molar refractivity (Wildman–Crippen MR) is 78.8 cm³/mol. The number of nitrogens with one attached hydrogen (secondary N) is 1. The maximum atomic E-state index is 12.5.